The van der Waals surface area contributed by atoms with Crippen molar-refractivity contribution in [1.82, 2.24) is 4.31 Å². The average molecular weight is 371 g/mol. The normalized spacial score (nSPS) is 20.5. The highest BCUT2D eigenvalue weighted by Crippen LogP contribution is 2.45. The molecular weight excluding hydrogens is 354 g/mol. The molecule has 0 N–H and O–H groups in total. The van der Waals surface area contributed by atoms with Crippen molar-refractivity contribution in [2.24, 2.45) is 0 Å². The number of aryl methyl sites for hydroxylation is 1. The number of hydrogen-bond donors (Lipinski definition) is 0. The molecule has 134 valence electrons. The highest BCUT2D eigenvalue weighted by Gasteiger charge is 2.46. The number of fused-ring (bicyclic) bond motifs is 3. The van der Waals surface area contributed by atoms with Crippen LogP contribution in [-0.4, -0.2) is 25.2 Å². The zero-order valence-electron chi connectivity index (χ0n) is 14.1. The van der Waals surface area contributed by atoms with Crippen molar-refractivity contribution in [2.45, 2.75) is 19.6 Å². The van der Waals surface area contributed by atoms with E-state index < -0.39 is 22.3 Å². The average Bonchev–Trinajstić information content (AvgIpc) is 3.08. The lowest BCUT2D eigenvalue weighted by Crippen LogP contribution is -2.40. The standard InChI is InChI=1S/C19H17NO5S/c1-13-6-5-9-15-17-16(10-11-20(17)26(22,23)25-18(13)15)19(21)24-12-14-7-3-2-4-8-14/h2-10,17H,11-12H2,1H3/t17-/m0/s1. The molecule has 0 spiro atoms. The van der Waals surface area contributed by atoms with Crippen LogP contribution in [0.2, 0.25) is 0 Å². The van der Waals surface area contributed by atoms with Gasteiger partial charge in [0, 0.05) is 12.1 Å². The summed E-state index contributed by atoms with van der Waals surface area (Å²) >= 11 is 0. The van der Waals surface area contributed by atoms with Gasteiger partial charge in [-0.25, -0.2) is 4.79 Å². The van der Waals surface area contributed by atoms with E-state index in [9.17, 15) is 13.2 Å². The molecule has 0 aromatic heterocycles. The Bertz CT molecular complexity index is 998. The van der Waals surface area contributed by atoms with Crippen molar-refractivity contribution in [3.8, 4) is 5.75 Å². The highest BCUT2D eigenvalue weighted by atomic mass is 32.2. The topological polar surface area (TPSA) is 72.9 Å². The summed E-state index contributed by atoms with van der Waals surface area (Å²) in [4.78, 5) is 12.6. The summed E-state index contributed by atoms with van der Waals surface area (Å²) in [5.41, 5.74) is 2.54. The third-order valence-corrected chi connectivity index (χ3v) is 5.85. The molecule has 2 aromatic carbocycles. The lowest BCUT2D eigenvalue weighted by molar-refractivity contribution is -0.140. The fourth-order valence-electron chi connectivity index (χ4n) is 3.26. The Balaban J connectivity index is 1.64. The molecule has 0 amide bonds. The van der Waals surface area contributed by atoms with E-state index >= 15 is 0 Å². The van der Waals surface area contributed by atoms with Crippen molar-refractivity contribution in [1.29, 1.82) is 0 Å². The van der Waals surface area contributed by atoms with Crippen molar-refractivity contribution in [3.63, 3.8) is 0 Å². The van der Waals surface area contributed by atoms with Gasteiger partial charge in [-0.05, 0) is 18.1 Å². The highest BCUT2D eigenvalue weighted by molar-refractivity contribution is 7.84. The van der Waals surface area contributed by atoms with E-state index in [0.717, 1.165) is 5.56 Å². The molecule has 0 unspecified atom stereocenters. The van der Waals surface area contributed by atoms with E-state index in [0.29, 0.717) is 16.7 Å². The maximum Gasteiger partial charge on any atom is 0.386 e. The van der Waals surface area contributed by atoms with Gasteiger partial charge in [0.05, 0.1) is 11.6 Å². The summed E-state index contributed by atoms with van der Waals surface area (Å²) in [6, 6.07) is 14.0. The van der Waals surface area contributed by atoms with Crippen LogP contribution in [-0.2, 0) is 26.4 Å². The number of hydrogen-bond acceptors (Lipinski definition) is 5. The fraction of sp³-hybridized carbons (Fsp3) is 0.211. The van der Waals surface area contributed by atoms with Gasteiger partial charge in [-0.2, -0.15) is 12.7 Å². The molecule has 2 aliphatic heterocycles. The third kappa shape index (κ3) is 2.79. The van der Waals surface area contributed by atoms with Gasteiger partial charge < -0.3 is 8.92 Å². The van der Waals surface area contributed by atoms with Gasteiger partial charge in [-0.3, -0.25) is 0 Å². The van der Waals surface area contributed by atoms with Gasteiger partial charge >= 0.3 is 16.3 Å². The Morgan fingerprint density at radius 3 is 2.73 bits per heavy atom. The molecule has 2 aliphatic rings. The minimum atomic E-state index is -3.96. The quantitative estimate of drug-likeness (QED) is 0.776. The van der Waals surface area contributed by atoms with Gasteiger partial charge in [0.2, 0.25) is 0 Å². The van der Waals surface area contributed by atoms with E-state index in [1.54, 1.807) is 25.1 Å². The minimum absolute atomic E-state index is 0.0795. The van der Waals surface area contributed by atoms with E-state index in [-0.39, 0.29) is 18.9 Å². The van der Waals surface area contributed by atoms with Gasteiger partial charge in [0.1, 0.15) is 6.61 Å². The zero-order chi connectivity index (χ0) is 18.3. The molecule has 7 heteroatoms. The predicted molar refractivity (Wildman–Crippen MR) is 94.5 cm³/mol. The van der Waals surface area contributed by atoms with Crippen molar-refractivity contribution in [3.05, 3.63) is 76.9 Å². The molecule has 2 aromatic rings. The predicted octanol–water partition coefficient (Wildman–Crippen LogP) is 2.66. The molecule has 0 aliphatic carbocycles. The summed E-state index contributed by atoms with van der Waals surface area (Å²) in [5.74, 6) is -0.233. The van der Waals surface area contributed by atoms with Crippen LogP contribution in [0.5, 0.6) is 5.75 Å². The van der Waals surface area contributed by atoms with Crippen molar-refractivity contribution < 1.29 is 22.1 Å². The second-order valence-electron chi connectivity index (χ2n) is 6.23. The molecule has 2 heterocycles. The summed E-state index contributed by atoms with van der Waals surface area (Å²) in [5, 5.41) is 0. The molecule has 0 fully saturated rings. The second-order valence-corrected chi connectivity index (χ2v) is 7.72. The van der Waals surface area contributed by atoms with Crippen LogP contribution >= 0.6 is 0 Å². The van der Waals surface area contributed by atoms with Crippen LogP contribution in [0.1, 0.15) is 22.7 Å². The van der Waals surface area contributed by atoms with E-state index in [4.69, 9.17) is 8.92 Å². The Morgan fingerprint density at radius 1 is 1.19 bits per heavy atom. The molecule has 4 rings (SSSR count). The number of carbonyl (C=O) groups is 1. The van der Waals surface area contributed by atoms with Gasteiger partial charge in [-0.1, -0.05) is 54.6 Å². The maximum absolute atomic E-state index is 12.6. The van der Waals surface area contributed by atoms with Crippen LogP contribution in [0.4, 0.5) is 0 Å². The van der Waals surface area contributed by atoms with Crippen molar-refractivity contribution in [2.75, 3.05) is 6.54 Å². The summed E-state index contributed by atoms with van der Waals surface area (Å²) < 4.78 is 36.7. The van der Waals surface area contributed by atoms with Crippen LogP contribution in [0.25, 0.3) is 0 Å². The van der Waals surface area contributed by atoms with E-state index in [1.165, 1.54) is 4.31 Å². The van der Waals surface area contributed by atoms with E-state index in [2.05, 4.69) is 0 Å². The number of carbonyl (C=O) groups excluding carboxylic acids is 1. The monoisotopic (exact) mass is 371 g/mol. The van der Waals surface area contributed by atoms with Crippen LogP contribution in [0.15, 0.2) is 60.2 Å². The number of esters is 1. The maximum atomic E-state index is 12.6. The Kier molecular flexibility index (Phi) is 4.05. The molecule has 0 saturated carbocycles. The lowest BCUT2D eigenvalue weighted by Gasteiger charge is -2.32. The molecule has 6 nitrogen and oxygen atoms in total. The zero-order valence-corrected chi connectivity index (χ0v) is 14.9. The largest absolute Gasteiger partial charge is 0.457 e. The van der Waals surface area contributed by atoms with Gasteiger partial charge in [0.15, 0.2) is 5.75 Å². The smallest absolute Gasteiger partial charge is 0.386 e. The second kappa shape index (κ2) is 6.26. The molecule has 26 heavy (non-hydrogen) atoms. The third-order valence-electron chi connectivity index (χ3n) is 4.53. The fourth-order valence-corrected chi connectivity index (χ4v) is 4.54. The Morgan fingerprint density at radius 2 is 1.96 bits per heavy atom. The van der Waals surface area contributed by atoms with E-state index in [1.807, 2.05) is 36.4 Å². The summed E-state index contributed by atoms with van der Waals surface area (Å²) in [6.45, 7) is 1.99. The number of para-hydroxylation sites is 1. The lowest BCUT2D eigenvalue weighted by atomic mass is 9.98. The molecular formula is C19H17NO5S. The summed E-state index contributed by atoms with van der Waals surface area (Å²) in [6.07, 6.45) is 1.59. The number of ether oxygens (including phenoxy) is 1. The van der Waals surface area contributed by atoms with Gasteiger partial charge in [0.25, 0.3) is 0 Å². The molecule has 0 bridgehead atoms. The summed E-state index contributed by atoms with van der Waals surface area (Å²) in [7, 11) is -3.96. The molecule has 1 atom stereocenters. The number of benzene rings is 2. The SMILES string of the molecule is Cc1cccc2c1OS(=O)(=O)N1CC=C(C(=O)OCc3ccccc3)[C@H]21. The Hall–Kier alpha value is -2.64. The number of rotatable bonds is 3. The first-order valence-electron chi connectivity index (χ1n) is 8.19. The van der Waals surface area contributed by atoms with Gasteiger partial charge in [-0.15, -0.1) is 0 Å². The molecule has 0 radical (unpaired) electrons. The number of nitrogens with zero attached hydrogens (tertiary/aromatic N) is 1. The van der Waals surface area contributed by atoms with Crippen LogP contribution in [0, 0.1) is 6.92 Å². The first kappa shape index (κ1) is 16.8. The van der Waals surface area contributed by atoms with Crippen LogP contribution in [0.3, 0.4) is 0 Å². The first-order valence-corrected chi connectivity index (χ1v) is 9.56. The Labute approximate surface area is 151 Å². The van der Waals surface area contributed by atoms with Crippen LogP contribution < -0.4 is 4.18 Å². The molecule has 0 saturated heterocycles. The first-order chi connectivity index (χ1) is 12.5. The minimum Gasteiger partial charge on any atom is -0.457 e. The van der Waals surface area contributed by atoms with Crippen molar-refractivity contribution >= 4 is 16.3 Å².